The molecule has 0 saturated carbocycles. The fraction of sp³-hybridized carbons (Fsp3) is 0.667. The number of hydrogen-bond donors (Lipinski definition) is 0. The quantitative estimate of drug-likeness (QED) is 0.723. The third-order valence-corrected chi connectivity index (χ3v) is 3.60. The lowest BCUT2D eigenvalue weighted by molar-refractivity contribution is 0.651. The molecule has 0 unspecified atom stereocenters. The summed E-state index contributed by atoms with van der Waals surface area (Å²) in [7, 11) is 0. The van der Waals surface area contributed by atoms with Crippen molar-refractivity contribution >= 4 is 0 Å². The Hall–Kier alpha value is -0.850. The summed E-state index contributed by atoms with van der Waals surface area (Å²) in [6.45, 7) is 9.11. The van der Waals surface area contributed by atoms with Gasteiger partial charge in [0, 0.05) is 11.9 Å². The van der Waals surface area contributed by atoms with Crippen molar-refractivity contribution in [2.75, 3.05) is 0 Å². The van der Waals surface area contributed by atoms with E-state index in [4.69, 9.17) is 4.98 Å². The van der Waals surface area contributed by atoms with E-state index in [-0.39, 0.29) is 0 Å². The SMILES string of the molecule is CC(C)c1ncc2c(c1C(C)C)CCCC2. The molecule has 88 valence electrons. The van der Waals surface area contributed by atoms with Crippen molar-refractivity contribution in [2.45, 2.75) is 65.2 Å². The van der Waals surface area contributed by atoms with E-state index in [0.29, 0.717) is 11.8 Å². The van der Waals surface area contributed by atoms with Gasteiger partial charge in [0.2, 0.25) is 0 Å². The van der Waals surface area contributed by atoms with Crippen LogP contribution in [-0.4, -0.2) is 4.98 Å². The zero-order chi connectivity index (χ0) is 11.7. The minimum absolute atomic E-state index is 0.546. The third-order valence-electron chi connectivity index (χ3n) is 3.60. The second kappa shape index (κ2) is 4.57. The average molecular weight is 217 g/mol. The smallest absolute Gasteiger partial charge is 0.0466 e. The molecule has 0 fully saturated rings. The largest absolute Gasteiger partial charge is 0.260 e. The maximum atomic E-state index is 4.71. The summed E-state index contributed by atoms with van der Waals surface area (Å²) in [4.78, 5) is 4.71. The van der Waals surface area contributed by atoms with Crippen LogP contribution in [0, 0.1) is 0 Å². The van der Waals surface area contributed by atoms with Crippen LogP contribution in [0.25, 0.3) is 0 Å². The molecular weight excluding hydrogens is 194 g/mol. The van der Waals surface area contributed by atoms with Gasteiger partial charge < -0.3 is 0 Å². The fourth-order valence-corrected chi connectivity index (χ4v) is 2.85. The van der Waals surface area contributed by atoms with E-state index in [9.17, 15) is 0 Å². The normalized spacial score (nSPS) is 15.6. The van der Waals surface area contributed by atoms with Crippen LogP contribution in [0.15, 0.2) is 6.20 Å². The number of nitrogens with zero attached hydrogens (tertiary/aromatic N) is 1. The first-order chi connectivity index (χ1) is 7.61. The molecule has 1 heteroatoms. The topological polar surface area (TPSA) is 12.9 Å². The molecule has 0 N–H and O–H groups in total. The first-order valence-electron chi connectivity index (χ1n) is 6.61. The van der Waals surface area contributed by atoms with Crippen molar-refractivity contribution in [1.29, 1.82) is 0 Å². The lowest BCUT2D eigenvalue weighted by atomic mass is 9.83. The van der Waals surface area contributed by atoms with Gasteiger partial charge in [0.25, 0.3) is 0 Å². The zero-order valence-electron chi connectivity index (χ0n) is 11.0. The first-order valence-corrected chi connectivity index (χ1v) is 6.61. The highest BCUT2D eigenvalue weighted by molar-refractivity contribution is 5.41. The highest BCUT2D eigenvalue weighted by atomic mass is 14.7. The van der Waals surface area contributed by atoms with Gasteiger partial charge in [0.05, 0.1) is 0 Å². The van der Waals surface area contributed by atoms with Crippen molar-refractivity contribution in [3.8, 4) is 0 Å². The van der Waals surface area contributed by atoms with E-state index in [1.54, 1.807) is 11.1 Å². The summed E-state index contributed by atoms with van der Waals surface area (Å²) in [5, 5.41) is 0. The van der Waals surface area contributed by atoms with E-state index in [2.05, 4.69) is 33.9 Å². The van der Waals surface area contributed by atoms with Crippen molar-refractivity contribution in [3.05, 3.63) is 28.6 Å². The van der Waals surface area contributed by atoms with Gasteiger partial charge in [-0.05, 0) is 54.2 Å². The van der Waals surface area contributed by atoms with Gasteiger partial charge in [-0.2, -0.15) is 0 Å². The molecule has 0 atom stereocenters. The third kappa shape index (κ3) is 2.00. The van der Waals surface area contributed by atoms with Crippen molar-refractivity contribution in [3.63, 3.8) is 0 Å². The minimum Gasteiger partial charge on any atom is -0.260 e. The van der Waals surface area contributed by atoms with Crippen LogP contribution >= 0.6 is 0 Å². The minimum atomic E-state index is 0.546. The van der Waals surface area contributed by atoms with E-state index < -0.39 is 0 Å². The highest BCUT2D eigenvalue weighted by Crippen LogP contribution is 2.33. The average Bonchev–Trinajstić information content (AvgIpc) is 2.27. The van der Waals surface area contributed by atoms with Gasteiger partial charge in [-0.1, -0.05) is 27.7 Å². The van der Waals surface area contributed by atoms with Gasteiger partial charge >= 0.3 is 0 Å². The molecule has 1 aliphatic carbocycles. The van der Waals surface area contributed by atoms with Crippen molar-refractivity contribution in [1.82, 2.24) is 4.98 Å². The summed E-state index contributed by atoms with van der Waals surface area (Å²) >= 11 is 0. The molecule has 1 heterocycles. The van der Waals surface area contributed by atoms with Crippen molar-refractivity contribution < 1.29 is 0 Å². The second-order valence-corrected chi connectivity index (χ2v) is 5.58. The number of aryl methyl sites for hydroxylation is 1. The van der Waals surface area contributed by atoms with E-state index in [1.807, 2.05) is 0 Å². The molecule has 0 saturated heterocycles. The number of aromatic nitrogens is 1. The Balaban J connectivity index is 2.57. The Kier molecular flexibility index (Phi) is 3.32. The molecule has 0 spiro atoms. The molecule has 2 rings (SSSR count). The highest BCUT2D eigenvalue weighted by Gasteiger charge is 2.20. The molecule has 1 aromatic rings. The molecule has 0 radical (unpaired) electrons. The molecule has 16 heavy (non-hydrogen) atoms. The molecule has 1 aliphatic rings. The van der Waals surface area contributed by atoms with Gasteiger partial charge in [-0.25, -0.2) is 0 Å². The van der Waals surface area contributed by atoms with Crippen LogP contribution in [0.5, 0.6) is 0 Å². The summed E-state index contributed by atoms with van der Waals surface area (Å²) in [5.74, 6) is 1.16. The number of pyridine rings is 1. The Morgan fingerprint density at radius 2 is 1.69 bits per heavy atom. The van der Waals surface area contributed by atoms with Gasteiger partial charge in [0.1, 0.15) is 0 Å². The molecule has 1 aromatic heterocycles. The molecule has 0 aliphatic heterocycles. The van der Waals surface area contributed by atoms with Crippen LogP contribution in [0.1, 0.15) is 74.8 Å². The van der Waals surface area contributed by atoms with Crippen LogP contribution < -0.4 is 0 Å². The predicted molar refractivity (Wildman–Crippen MR) is 69.1 cm³/mol. The Labute approximate surface area is 99.3 Å². The van der Waals surface area contributed by atoms with Crippen LogP contribution in [0.2, 0.25) is 0 Å². The van der Waals surface area contributed by atoms with Gasteiger partial charge in [-0.15, -0.1) is 0 Å². The monoisotopic (exact) mass is 217 g/mol. The van der Waals surface area contributed by atoms with Crippen molar-refractivity contribution in [2.24, 2.45) is 0 Å². The molecule has 0 bridgehead atoms. The van der Waals surface area contributed by atoms with E-state index in [1.165, 1.54) is 36.9 Å². The maximum absolute atomic E-state index is 4.71. The van der Waals surface area contributed by atoms with Crippen LogP contribution in [0.4, 0.5) is 0 Å². The summed E-state index contributed by atoms with van der Waals surface area (Å²) in [6.07, 6.45) is 7.34. The Morgan fingerprint density at radius 1 is 1.00 bits per heavy atom. The standard InChI is InChI=1S/C15H23N/c1-10(2)14-13-8-6-5-7-12(13)9-16-15(14)11(3)4/h9-11H,5-8H2,1-4H3. The summed E-state index contributed by atoms with van der Waals surface area (Å²) < 4.78 is 0. The number of fused-ring (bicyclic) bond motifs is 1. The number of hydrogen-bond acceptors (Lipinski definition) is 1. The summed E-state index contributed by atoms with van der Waals surface area (Å²) in [6, 6.07) is 0. The lowest BCUT2D eigenvalue weighted by Gasteiger charge is -2.25. The fourth-order valence-electron chi connectivity index (χ4n) is 2.85. The zero-order valence-corrected chi connectivity index (χ0v) is 11.0. The molecular formula is C15H23N. The van der Waals surface area contributed by atoms with Crippen LogP contribution in [0.3, 0.4) is 0 Å². The van der Waals surface area contributed by atoms with Crippen LogP contribution in [-0.2, 0) is 12.8 Å². The summed E-state index contributed by atoms with van der Waals surface area (Å²) in [5.41, 5.74) is 6.02. The predicted octanol–water partition coefficient (Wildman–Crippen LogP) is 4.21. The lowest BCUT2D eigenvalue weighted by Crippen LogP contribution is -2.13. The van der Waals surface area contributed by atoms with E-state index >= 15 is 0 Å². The Bertz CT molecular complexity index is 377. The maximum Gasteiger partial charge on any atom is 0.0466 e. The molecule has 0 amide bonds. The molecule has 1 nitrogen and oxygen atoms in total. The number of rotatable bonds is 2. The molecule has 0 aromatic carbocycles. The first kappa shape index (κ1) is 11.6. The van der Waals surface area contributed by atoms with E-state index in [0.717, 1.165) is 0 Å². The van der Waals surface area contributed by atoms with Gasteiger partial charge in [0.15, 0.2) is 0 Å². The second-order valence-electron chi connectivity index (χ2n) is 5.58. The van der Waals surface area contributed by atoms with Gasteiger partial charge in [-0.3, -0.25) is 4.98 Å². The Morgan fingerprint density at radius 3 is 2.31 bits per heavy atom.